The van der Waals surface area contributed by atoms with E-state index < -0.39 is 38.9 Å². The highest BCUT2D eigenvalue weighted by Gasteiger charge is 2.71. The molecule has 2 N–H and O–H groups in total. The third-order valence-electron chi connectivity index (χ3n) is 11.4. The van der Waals surface area contributed by atoms with Crippen molar-refractivity contribution in [2.24, 2.45) is 28.6 Å². The molecule has 3 fully saturated rings. The number of benzene rings is 1. The molecule has 232 valence electrons. The number of hydrogen-bond donors (Lipinski definition) is 2. The van der Waals surface area contributed by atoms with Gasteiger partial charge in [-0.05, 0) is 110 Å². The number of aromatic nitrogens is 2. The van der Waals surface area contributed by atoms with Crippen LogP contribution in [0.2, 0.25) is 0 Å². The van der Waals surface area contributed by atoms with Crippen molar-refractivity contribution in [2.75, 3.05) is 6.26 Å². The van der Waals surface area contributed by atoms with Crippen molar-refractivity contribution in [1.82, 2.24) is 9.78 Å². The molecule has 44 heavy (non-hydrogen) atoms. The number of aliphatic hydroxyl groups excluding tert-OH is 1. The van der Waals surface area contributed by atoms with E-state index in [4.69, 9.17) is 9.15 Å². The van der Waals surface area contributed by atoms with E-state index in [1.54, 1.807) is 30.3 Å². The number of esters is 1. The summed E-state index contributed by atoms with van der Waals surface area (Å²) in [4.78, 5) is 26.2. The number of aliphatic hydroxyl groups is 1. The predicted molar refractivity (Wildman–Crippen MR) is 159 cm³/mol. The summed E-state index contributed by atoms with van der Waals surface area (Å²) in [6.07, 6.45) is 8.99. The van der Waals surface area contributed by atoms with Crippen molar-refractivity contribution in [3.05, 3.63) is 71.4 Å². The molecule has 0 bridgehead atoms. The van der Waals surface area contributed by atoms with Gasteiger partial charge < -0.3 is 19.4 Å². The fourth-order valence-corrected chi connectivity index (χ4v) is 10.0. The molecule has 0 aliphatic heterocycles. The lowest BCUT2D eigenvalue weighted by molar-refractivity contribution is -0.195. The Morgan fingerprint density at radius 1 is 1.14 bits per heavy atom. The van der Waals surface area contributed by atoms with Gasteiger partial charge >= 0.3 is 11.9 Å². The van der Waals surface area contributed by atoms with Gasteiger partial charge in [0.15, 0.2) is 9.84 Å². The average Bonchev–Trinajstić information content (AvgIpc) is 3.70. The molecular formula is C33H36N2O8S. The van der Waals surface area contributed by atoms with Crippen LogP contribution in [0, 0.1) is 28.6 Å². The number of carboxylic acid groups (broad SMARTS) is 1. The zero-order valence-electron chi connectivity index (χ0n) is 24.9. The summed E-state index contributed by atoms with van der Waals surface area (Å²) >= 11 is 0. The molecule has 7 atom stereocenters. The first-order valence-corrected chi connectivity index (χ1v) is 16.9. The van der Waals surface area contributed by atoms with Crippen LogP contribution in [-0.2, 0) is 25.8 Å². The normalized spacial score (nSPS) is 34.2. The highest BCUT2D eigenvalue weighted by atomic mass is 32.2. The van der Waals surface area contributed by atoms with Crippen molar-refractivity contribution in [3.8, 4) is 5.69 Å². The highest BCUT2D eigenvalue weighted by Crippen LogP contribution is 2.68. The second kappa shape index (κ2) is 9.65. The van der Waals surface area contributed by atoms with E-state index in [1.165, 1.54) is 24.2 Å². The number of hydrogen-bond acceptors (Lipinski definition) is 8. The maximum Gasteiger partial charge on any atom is 0.375 e. The summed E-state index contributed by atoms with van der Waals surface area (Å²) in [7, 11) is -3.31. The molecule has 10 nitrogen and oxygen atoms in total. The van der Waals surface area contributed by atoms with Crippen LogP contribution in [0.1, 0.15) is 67.8 Å². The first-order valence-electron chi connectivity index (χ1n) is 15.1. The molecule has 4 aliphatic rings. The number of furan rings is 1. The van der Waals surface area contributed by atoms with Crippen LogP contribution in [0.3, 0.4) is 0 Å². The molecular weight excluding hydrogens is 584 g/mol. The van der Waals surface area contributed by atoms with Gasteiger partial charge in [0, 0.05) is 11.7 Å². The summed E-state index contributed by atoms with van der Waals surface area (Å²) in [6.45, 7) is 4.08. The third-order valence-corrected chi connectivity index (χ3v) is 12.5. The Morgan fingerprint density at radius 3 is 2.55 bits per heavy atom. The molecule has 7 rings (SSSR count). The van der Waals surface area contributed by atoms with E-state index in [9.17, 15) is 28.2 Å². The van der Waals surface area contributed by atoms with Crippen LogP contribution < -0.4 is 0 Å². The Kier molecular flexibility index (Phi) is 6.37. The number of carbonyl (C=O) groups excluding carboxylic acids is 1. The Balaban J connectivity index is 1.20. The second-order valence-electron chi connectivity index (χ2n) is 13.6. The lowest BCUT2D eigenvalue weighted by atomic mass is 9.45. The fourth-order valence-electron chi connectivity index (χ4n) is 9.38. The number of allylic oxidation sites excluding steroid dienone is 1. The van der Waals surface area contributed by atoms with Crippen LogP contribution >= 0.6 is 0 Å². The first-order chi connectivity index (χ1) is 20.8. The van der Waals surface area contributed by atoms with E-state index in [-0.39, 0.29) is 46.7 Å². The molecule has 0 spiro atoms. The number of carbonyl (C=O) groups is 2. The molecule has 1 aromatic carbocycles. The van der Waals surface area contributed by atoms with Crippen molar-refractivity contribution >= 4 is 27.9 Å². The molecule has 0 saturated heterocycles. The van der Waals surface area contributed by atoms with Gasteiger partial charge in [0.1, 0.15) is 0 Å². The van der Waals surface area contributed by atoms with Crippen LogP contribution in [0.4, 0.5) is 0 Å². The van der Waals surface area contributed by atoms with E-state index in [0.717, 1.165) is 29.8 Å². The molecule has 4 aliphatic carbocycles. The average molecular weight is 621 g/mol. The van der Waals surface area contributed by atoms with Crippen molar-refractivity contribution in [1.29, 1.82) is 0 Å². The zero-order chi connectivity index (χ0) is 31.2. The van der Waals surface area contributed by atoms with E-state index in [2.05, 4.69) is 18.1 Å². The highest BCUT2D eigenvalue weighted by molar-refractivity contribution is 7.90. The topological polar surface area (TPSA) is 149 Å². The monoisotopic (exact) mass is 620 g/mol. The van der Waals surface area contributed by atoms with E-state index in [0.29, 0.717) is 12.8 Å². The molecule has 2 heterocycles. The summed E-state index contributed by atoms with van der Waals surface area (Å²) < 4.78 is 36.8. The predicted octanol–water partition coefficient (Wildman–Crippen LogP) is 4.70. The lowest BCUT2D eigenvalue weighted by Crippen LogP contribution is -2.63. The fraction of sp³-hybridized carbons (Fsp3) is 0.485. The van der Waals surface area contributed by atoms with E-state index >= 15 is 0 Å². The van der Waals surface area contributed by atoms with Gasteiger partial charge in [-0.25, -0.2) is 22.7 Å². The number of carboxylic acids is 1. The van der Waals surface area contributed by atoms with Crippen molar-refractivity contribution in [2.45, 2.75) is 69.0 Å². The van der Waals surface area contributed by atoms with Gasteiger partial charge in [-0.15, -0.1) is 0 Å². The molecule has 3 saturated carbocycles. The van der Waals surface area contributed by atoms with Gasteiger partial charge in [-0.3, -0.25) is 0 Å². The summed E-state index contributed by atoms with van der Waals surface area (Å²) in [5, 5.41) is 27.1. The molecule has 0 radical (unpaired) electrons. The van der Waals surface area contributed by atoms with Gasteiger partial charge in [-0.1, -0.05) is 19.4 Å². The van der Waals surface area contributed by atoms with E-state index in [1.807, 2.05) is 17.8 Å². The Bertz CT molecular complexity index is 1790. The molecule has 0 amide bonds. The molecule has 3 aromatic rings. The number of fused-ring (bicyclic) bond motifs is 6. The minimum atomic E-state index is -3.31. The Hall–Kier alpha value is -3.70. The number of nitrogens with zero attached hydrogens (tertiary/aromatic N) is 2. The van der Waals surface area contributed by atoms with Crippen LogP contribution in [0.5, 0.6) is 0 Å². The van der Waals surface area contributed by atoms with Crippen LogP contribution in [0.15, 0.2) is 63.7 Å². The second-order valence-corrected chi connectivity index (χ2v) is 15.6. The minimum Gasteiger partial charge on any atom is -0.478 e. The number of rotatable bonds is 5. The largest absolute Gasteiger partial charge is 0.478 e. The molecule has 0 unspecified atom stereocenters. The van der Waals surface area contributed by atoms with Crippen LogP contribution in [0.25, 0.3) is 11.8 Å². The Labute approximate surface area is 255 Å². The van der Waals surface area contributed by atoms with Gasteiger partial charge in [-0.2, -0.15) is 5.10 Å². The SMILES string of the molecule is C[C@@]12Cc3cnn(-c4ccc(S(C)(=O)=O)cc4)c3C=C1CC[C@H]1[C@H]2[C@H](O)C[C@]2(C)[C@@H]1CC[C@@]2(OC(=O)c1ccco1)C(=O)O. The van der Waals surface area contributed by atoms with Gasteiger partial charge in [0.05, 0.1) is 34.8 Å². The minimum absolute atomic E-state index is 0.0447. The van der Waals surface area contributed by atoms with Crippen LogP contribution in [-0.4, -0.2) is 58.3 Å². The maximum absolute atomic E-state index is 13.0. The van der Waals surface area contributed by atoms with Crippen molar-refractivity contribution in [3.63, 3.8) is 0 Å². The summed E-state index contributed by atoms with van der Waals surface area (Å²) in [6, 6.07) is 9.70. The summed E-state index contributed by atoms with van der Waals surface area (Å²) in [5.41, 5.74) is 0.915. The first kappa shape index (κ1) is 29.0. The van der Waals surface area contributed by atoms with Gasteiger partial charge in [0.2, 0.25) is 11.4 Å². The summed E-state index contributed by atoms with van der Waals surface area (Å²) in [5.74, 6) is -2.13. The number of sulfone groups is 1. The lowest BCUT2D eigenvalue weighted by Gasteiger charge is -2.60. The standard InChI is InChI=1S/C33H36N2O8S/c1-31-16-19-18-34-35(21-7-9-22(10-8-21)44(3,40)41)25(19)15-20(31)6-11-23-24-12-13-33(30(38)39,32(24,2)17-26(36)28(23)31)43-29(37)27-5-4-14-42-27/h4-5,7-10,14-15,18,23-24,26,28,36H,6,11-13,16-17H2,1-3H3,(H,38,39)/t23-,24-,26-,28+,31-,32-,33-/m1/s1. The smallest absolute Gasteiger partial charge is 0.375 e. The zero-order valence-corrected chi connectivity index (χ0v) is 25.7. The van der Waals surface area contributed by atoms with Crippen molar-refractivity contribution < 1.29 is 37.4 Å². The number of aliphatic carboxylic acids is 1. The quantitative estimate of drug-likeness (QED) is 0.387. The van der Waals surface area contributed by atoms with Gasteiger partial charge in [0.25, 0.3) is 0 Å². The molecule has 11 heteroatoms. The third kappa shape index (κ3) is 4.01. The Morgan fingerprint density at radius 2 is 1.89 bits per heavy atom. The maximum atomic E-state index is 13.0. The molecule has 2 aromatic heterocycles. The number of ether oxygens (including phenoxy) is 1.